The summed E-state index contributed by atoms with van der Waals surface area (Å²) in [5.74, 6) is -1.71. The van der Waals surface area contributed by atoms with Crippen molar-refractivity contribution in [3.05, 3.63) is 11.6 Å². The van der Waals surface area contributed by atoms with E-state index < -0.39 is 40.4 Å². The summed E-state index contributed by atoms with van der Waals surface area (Å²) in [5, 5.41) is 42.6. The first-order valence-corrected chi connectivity index (χ1v) is 14.0. The minimum absolute atomic E-state index is 0.0314. The second kappa shape index (κ2) is 7.59. The lowest BCUT2D eigenvalue weighted by molar-refractivity contribution is -0.239. The van der Waals surface area contributed by atoms with E-state index in [-0.39, 0.29) is 34.0 Å². The summed E-state index contributed by atoms with van der Waals surface area (Å²) in [5.41, 5.74) is -1.36. The van der Waals surface area contributed by atoms with Crippen LogP contribution in [-0.2, 0) is 9.59 Å². The first-order valence-electron chi connectivity index (χ1n) is 14.0. The normalized spacial score (nSPS) is 53.7. The molecule has 0 heterocycles. The van der Waals surface area contributed by atoms with E-state index in [9.17, 15) is 30.0 Å². The van der Waals surface area contributed by atoms with E-state index in [1.54, 1.807) is 6.92 Å². The van der Waals surface area contributed by atoms with Crippen molar-refractivity contribution in [2.45, 2.75) is 112 Å². The molecule has 5 unspecified atom stereocenters. The number of carboxylic acid groups (broad SMARTS) is 2. The van der Waals surface area contributed by atoms with Gasteiger partial charge in [-0.05, 0) is 104 Å². The zero-order valence-electron chi connectivity index (χ0n) is 22.9. The van der Waals surface area contributed by atoms with Crippen LogP contribution in [-0.4, -0.2) is 44.6 Å². The van der Waals surface area contributed by atoms with Crippen LogP contribution < -0.4 is 0 Å². The molecule has 202 valence electrons. The van der Waals surface area contributed by atoms with Crippen molar-refractivity contribution in [1.82, 2.24) is 0 Å². The SMILES string of the molecule is CC1(C)CC[C@]2(C(=O)O)CC[C@]3(C)C(=CCC4[C@@]5(C)CC(O)C(O)[C@@](C)(C(=O)O)C5CC[C@]43C)C2C1. The van der Waals surface area contributed by atoms with Crippen LogP contribution in [0.25, 0.3) is 0 Å². The standard InChI is InChI=1S/C30H46O6/c1-25(2)11-13-30(24(35)36)14-12-27(4)17(18(30)15-25)7-8-20-26(3)16-19(31)22(32)29(6,23(33)34)21(26)9-10-28(20,27)5/h7,18-22,31-32H,8-16H2,1-6H3,(H,33,34)(H,35,36)/t18?,19?,20?,21?,22?,26-,27-,28-,29+,30+/m1/s1. The average molecular weight is 503 g/mol. The van der Waals surface area contributed by atoms with E-state index >= 15 is 0 Å². The van der Waals surface area contributed by atoms with Crippen LogP contribution in [0.5, 0.6) is 0 Å². The van der Waals surface area contributed by atoms with E-state index in [1.807, 2.05) is 0 Å². The maximum absolute atomic E-state index is 12.8. The van der Waals surface area contributed by atoms with Crippen LogP contribution in [0, 0.1) is 50.2 Å². The fourth-order valence-corrected chi connectivity index (χ4v) is 10.7. The number of aliphatic carboxylic acids is 2. The molecule has 36 heavy (non-hydrogen) atoms. The van der Waals surface area contributed by atoms with E-state index in [4.69, 9.17) is 0 Å². The number of carbonyl (C=O) groups is 2. The summed E-state index contributed by atoms with van der Waals surface area (Å²) in [6, 6.07) is 0. The molecule has 0 aliphatic heterocycles. The third kappa shape index (κ3) is 2.98. The van der Waals surface area contributed by atoms with Crippen molar-refractivity contribution >= 4 is 11.9 Å². The molecule has 10 atom stereocenters. The molecule has 6 nitrogen and oxygen atoms in total. The number of rotatable bonds is 2. The molecule has 4 fully saturated rings. The number of aliphatic hydroxyl groups is 2. The topological polar surface area (TPSA) is 115 Å². The molecular formula is C30H46O6. The predicted octanol–water partition coefficient (Wildman–Crippen LogP) is 5.27. The van der Waals surface area contributed by atoms with Crippen LogP contribution in [0.1, 0.15) is 99.3 Å². The lowest BCUT2D eigenvalue weighted by atomic mass is 9.33. The van der Waals surface area contributed by atoms with Crippen LogP contribution in [0.2, 0.25) is 0 Å². The monoisotopic (exact) mass is 502 g/mol. The molecular weight excluding hydrogens is 456 g/mol. The molecule has 6 heteroatoms. The van der Waals surface area contributed by atoms with Crippen LogP contribution in [0.3, 0.4) is 0 Å². The molecule has 0 saturated heterocycles. The quantitative estimate of drug-likeness (QED) is 0.383. The van der Waals surface area contributed by atoms with Gasteiger partial charge in [-0.15, -0.1) is 0 Å². The number of aliphatic hydroxyl groups excluding tert-OH is 2. The first-order chi connectivity index (χ1) is 16.5. The van der Waals surface area contributed by atoms with Gasteiger partial charge in [-0.25, -0.2) is 0 Å². The first kappa shape index (κ1) is 26.2. The van der Waals surface area contributed by atoms with Crippen molar-refractivity contribution in [3.63, 3.8) is 0 Å². The average Bonchev–Trinajstić information content (AvgIpc) is 2.77. The summed E-state index contributed by atoms with van der Waals surface area (Å²) in [4.78, 5) is 25.3. The zero-order chi connectivity index (χ0) is 26.7. The predicted molar refractivity (Wildman–Crippen MR) is 136 cm³/mol. The highest BCUT2D eigenvalue weighted by Gasteiger charge is 2.71. The van der Waals surface area contributed by atoms with Gasteiger partial charge in [-0.3, -0.25) is 9.59 Å². The maximum Gasteiger partial charge on any atom is 0.312 e. The molecule has 0 radical (unpaired) electrons. The summed E-state index contributed by atoms with van der Waals surface area (Å²) < 4.78 is 0. The van der Waals surface area contributed by atoms with Gasteiger partial charge in [-0.1, -0.05) is 46.3 Å². The fraction of sp³-hybridized carbons (Fsp3) is 0.867. The summed E-state index contributed by atoms with van der Waals surface area (Å²) in [6.45, 7) is 13.0. The number of fused-ring (bicyclic) bond motifs is 7. The Bertz CT molecular complexity index is 1020. The van der Waals surface area contributed by atoms with Gasteiger partial charge in [0.2, 0.25) is 0 Å². The Kier molecular flexibility index (Phi) is 5.53. The van der Waals surface area contributed by atoms with E-state index in [1.165, 1.54) is 5.57 Å². The maximum atomic E-state index is 12.8. The van der Waals surface area contributed by atoms with Gasteiger partial charge >= 0.3 is 11.9 Å². The summed E-state index contributed by atoms with van der Waals surface area (Å²) in [7, 11) is 0. The van der Waals surface area contributed by atoms with Gasteiger partial charge in [-0.2, -0.15) is 0 Å². The van der Waals surface area contributed by atoms with E-state index in [0.29, 0.717) is 19.3 Å². The zero-order valence-corrected chi connectivity index (χ0v) is 22.9. The second-order valence-electron chi connectivity index (χ2n) is 15.0. The Morgan fingerprint density at radius 3 is 2.08 bits per heavy atom. The highest BCUT2D eigenvalue weighted by atomic mass is 16.4. The van der Waals surface area contributed by atoms with Crippen LogP contribution in [0.15, 0.2) is 11.6 Å². The van der Waals surface area contributed by atoms with Crippen LogP contribution in [0.4, 0.5) is 0 Å². The largest absolute Gasteiger partial charge is 0.481 e. The third-order valence-corrected chi connectivity index (χ3v) is 13.1. The molecule has 0 amide bonds. The highest BCUT2D eigenvalue weighted by molar-refractivity contribution is 5.77. The van der Waals surface area contributed by atoms with Gasteiger partial charge in [0.05, 0.1) is 23.0 Å². The van der Waals surface area contributed by atoms with Crippen molar-refractivity contribution < 1.29 is 30.0 Å². The van der Waals surface area contributed by atoms with Crippen molar-refractivity contribution in [2.75, 3.05) is 0 Å². The van der Waals surface area contributed by atoms with Gasteiger partial charge in [0, 0.05) is 0 Å². The molecule has 4 N–H and O–H groups in total. The minimum Gasteiger partial charge on any atom is -0.481 e. The van der Waals surface area contributed by atoms with Gasteiger partial charge < -0.3 is 20.4 Å². The molecule has 5 aliphatic rings. The number of hydrogen-bond acceptors (Lipinski definition) is 4. The third-order valence-electron chi connectivity index (χ3n) is 13.1. The Labute approximate surface area is 215 Å². The number of carboxylic acids is 2. The minimum atomic E-state index is -1.39. The van der Waals surface area contributed by atoms with Crippen molar-refractivity contribution in [2.24, 2.45) is 50.2 Å². The van der Waals surface area contributed by atoms with Crippen molar-refractivity contribution in [1.29, 1.82) is 0 Å². The fourth-order valence-electron chi connectivity index (χ4n) is 10.7. The summed E-state index contributed by atoms with van der Waals surface area (Å²) in [6.07, 6.45) is 6.80. The van der Waals surface area contributed by atoms with Crippen LogP contribution >= 0.6 is 0 Å². The summed E-state index contributed by atoms with van der Waals surface area (Å²) >= 11 is 0. The number of allylic oxidation sites excluding steroid dienone is 2. The molecule has 5 rings (SSSR count). The van der Waals surface area contributed by atoms with Crippen molar-refractivity contribution in [3.8, 4) is 0 Å². The lowest BCUT2D eigenvalue weighted by Crippen LogP contribution is -2.68. The Morgan fingerprint density at radius 2 is 1.47 bits per heavy atom. The Morgan fingerprint density at radius 1 is 0.833 bits per heavy atom. The van der Waals surface area contributed by atoms with E-state index in [0.717, 1.165) is 38.5 Å². The molecule has 0 aromatic heterocycles. The molecule has 0 bridgehead atoms. The lowest BCUT2D eigenvalue weighted by Gasteiger charge is -2.71. The second-order valence-corrected chi connectivity index (χ2v) is 15.0. The molecule has 0 aromatic rings. The number of hydrogen-bond donors (Lipinski definition) is 4. The smallest absolute Gasteiger partial charge is 0.312 e. The molecule has 4 saturated carbocycles. The molecule has 5 aliphatic carbocycles. The Hall–Kier alpha value is -1.40. The molecule has 0 aromatic carbocycles. The van der Waals surface area contributed by atoms with E-state index in [2.05, 4.69) is 40.7 Å². The Balaban J connectivity index is 1.62. The van der Waals surface area contributed by atoms with Gasteiger partial charge in [0.15, 0.2) is 0 Å². The van der Waals surface area contributed by atoms with Gasteiger partial charge in [0.25, 0.3) is 0 Å². The molecule has 0 spiro atoms. The van der Waals surface area contributed by atoms with Gasteiger partial charge in [0.1, 0.15) is 0 Å². The highest BCUT2D eigenvalue weighted by Crippen LogP contribution is 2.75.